The molecular weight excluding hydrogens is 414 g/mol. The summed E-state index contributed by atoms with van der Waals surface area (Å²) in [6, 6.07) is 20.3. The highest BCUT2D eigenvalue weighted by Gasteiger charge is 2.20. The molecule has 0 bridgehead atoms. The lowest BCUT2D eigenvalue weighted by molar-refractivity contribution is 0.468. The third-order valence-electron chi connectivity index (χ3n) is 5.12. The molecule has 0 spiro atoms. The van der Waals surface area contributed by atoms with E-state index in [1.165, 1.54) is 6.07 Å². The van der Waals surface area contributed by atoms with Gasteiger partial charge in [0, 0.05) is 18.0 Å². The molecule has 1 atom stereocenters. The van der Waals surface area contributed by atoms with Crippen molar-refractivity contribution in [1.29, 1.82) is 0 Å². The molecular formula is C24H20F2N4O2. The molecule has 32 heavy (non-hydrogen) atoms. The van der Waals surface area contributed by atoms with Crippen LogP contribution in [0.15, 0.2) is 88.5 Å². The van der Waals surface area contributed by atoms with Crippen LogP contribution in [0.4, 0.5) is 8.78 Å². The van der Waals surface area contributed by atoms with Crippen molar-refractivity contribution in [3.63, 3.8) is 0 Å². The molecule has 0 saturated heterocycles. The largest absolute Gasteiger partial charge is 0.352 e. The van der Waals surface area contributed by atoms with Gasteiger partial charge in [-0.25, -0.2) is 22.8 Å². The lowest BCUT2D eigenvalue weighted by atomic mass is 10.1. The number of aromatic nitrogens is 3. The molecule has 2 N–H and O–H groups in total. The second-order valence-electron chi connectivity index (χ2n) is 7.28. The zero-order chi connectivity index (χ0) is 22.7. The van der Waals surface area contributed by atoms with E-state index in [9.17, 15) is 18.4 Å². The zero-order valence-electron chi connectivity index (χ0n) is 17.0. The van der Waals surface area contributed by atoms with Crippen molar-refractivity contribution in [1.82, 2.24) is 14.3 Å². The van der Waals surface area contributed by atoms with E-state index < -0.39 is 35.3 Å². The highest BCUT2D eigenvalue weighted by atomic mass is 19.1. The van der Waals surface area contributed by atoms with E-state index in [4.69, 9.17) is 5.73 Å². The number of hydrogen-bond donors (Lipinski definition) is 1. The normalized spacial score (nSPS) is 12.0. The Morgan fingerprint density at radius 1 is 0.844 bits per heavy atom. The monoisotopic (exact) mass is 434 g/mol. The molecule has 0 fully saturated rings. The van der Waals surface area contributed by atoms with Gasteiger partial charge in [-0.15, -0.1) is 0 Å². The van der Waals surface area contributed by atoms with E-state index in [0.717, 1.165) is 26.9 Å². The van der Waals surface area contributed by atoms with Gasteiger partial charge in [-0.1, -0.05) is 54.6 Å². The van der Waals surface area contributed by atoms with Crippen LogP contribution in [-0.4, -0.2) is 14.3 Å². The van der Waals surface area contributed by atoms with Gasteiger partial charge < -0.3 is 5.73 Å². The van der Waals surface area contributed by atoms with Crippen molar-refractivity contribution in [2.75, 3.05) is 0 Å². The summed E-state index contributed by atoms with van der Waals surface area (Å²) < 4.78 is 30.5. The second kappa shape index (κ2) is 9.07. The van der Waals surface area contributed by atoms with Crippen LogP contribution in [0.1, 0.15) is 22.9 Å². The molecule has 0 aliphatic heterocycles. The predicted octanol–water partition coefficient (Wildman–Crippen LogP) is 2.96. The first-order chi connectivity index (χ1) is 15.5. The summed E-state index contributed by atoms with van der Waals surface area (Å²) in [5.74, 6) is -1.59. The molecule has 0 amide bonds. The van der Waals surface area contributed by atoms with Gasteiger partial charge in [0.05, 0.1) is 12.2 Å². The van der Waals surface area contributed by atoms with Crippen molar-refractivity contribution in [2.45, 2.75) is 19.0 Å². The molecule has 4 rings (SSSR count). The minimum Gasteiger partial charge on any atom is -0.322 e. The van der Waals surface area contributed by atoms with E-state index in [1.807, 2.05) is 30.3 Å². The lowest BCUT2D eigenvalue weighted by Gasteiger charge is -2.16. The van der Waals surface area contributed by atoms with Crippen molar-refractivity contribution in [3.05, 3.63) is 128 Å². The Labute approximate surface area is 182 Å². The van der Waals surface area contributed by atoms with E-state index in [2.05, 4.69) is 5.10 Å². The Balaban J connectivity index is 1.85. The number of para-hydroxylation sites is 1. The van der Waals surface area contributed by atoms with Crippen LogP contribution in [0.2, 0.25) is 0 Å². The first-order valence-corrected chi connectivity index (χ1v) is 9.97. The maximum atomic E-state index is 14.2. The number of hydrogen-bond acceptors (Lipinski definition) is 4. The van der Waals surface area contributed by atoms with Crippen LogP contribution in [-0.2, 0) is 13.0 Å². The van der Waals surface area contributed by atoms with Crippen LogP contribution in [0, 0.1) is 11.6 Å². The third kappa shape index (κ3) is 4.26. The van der Waals surface area contributed by atoms with Crippen LogP contribution in [0.5, 0.6) is 0 Å². The molecule has 1 heterocycles. The number of nitrogens with zero attached hydrogens (tertiary/aromatic N) is 3. The Hall–Kier alpha value is -3.91. The fourth-order valence-electron chi connectivity index (χ4n) is 3.46. The van der Waals surface area contributed by atoms with Crippen molar-refractivity contribution in [3.8, 4) is 5.69 Å². The molecule has 8 heteroatoms. The maximum Gasteiger partial charge on any atom is 0.352 e. The molecule has 162 valence electrons. The Morgan fingerprint density at radius 2 is 1.44 bits per heavy atom. The van der Waals surface area contributed by atoms with Crippen LogP contribution in [0.25, 0.3) is 5.69 Å². The Morgan fingerprint density at radius 3 is 2.06 bits per heavy atom. The summed E-state index contributed by atoms with van der Waals surface area (Å²) in [6.07, 6.45) is -0.412. The number of halogens is 2. The van der Waals surface area contributed by atoms with Gasteiger partial charge in [0.25, 0.3) is 5.56 Å². The van der Waals surface area contributed by atoms with Crippen LogP contribution < -0.4 is 17.0 Å². The Bertz CT molecular complexity index is 1330. The first-order valence-electron chi connectivity index (χ1n) is 9.97. The molecule has 0 aliphatic carbocycles. The summed E-state index contributed by atoms with van der Waals surface area (Å²) in [7, 11) is 0. The van der Waals surface area contributed by atoms with Crippen LogP contribution >= 0.6 is 0 Å². The summed E-state index contributed by atoms with van der Waals surface area (Å²) in [4.78, 5) is 26.3. The average molecular weight is 434 g/mol. The molecule has 0 unspecified atom stereocenters. The van der Waals surface area contributed by atoms with Crippen molar-refractivity contribution < 1.29 is 8.78 Å². The SMILES string of the molecule is N[C@@H](Cn1nc(Cc2c(F)cccc2F)c(=O)n(-c2ccccc2)c1=O)c1ccccc1. The number of benzene rings is 3. The molecule has 0 saturated carbocycles. The van der Waals surface area contributed by atoms with Crippen LogP contribution in [0.3, 0.4) is 0 Å². The molecule has 0 aliphatic rings. The van der Waals surface area contributed by atoms with Gasteiger partial charge in [-0.05, 0) is 29.8 Å². The minimum atomic E-state index is -0.795. The fourth-order valence-corrected chi connectivity index (χ4v) is 3.46. The summed E-state index contributed by atoms with van der Waals surface area (Å²) in [5.41, 5.74) is 5.47. The van der Waals surface area contributed by atoms with Gasteiger partial charge in [0.1, 0.15) is 17.3 Å². The quantitative estimate of drug-likeness (QED) is 0.506. The highest BCUT2D eigenvalue weighted by Crippen LogP contribution is 2.15. The second-order valence-corrected chi connectivity index (χ2v) is 7.28. The van der Waals surface area contributed by atoms with Crippen molar-refractivity contribution in [2.24, 2.45) is 5.73 Å². The maximum absolute atomic E-state index is 14.2. The fraction of sp³-hybridized carbons (Fsp3) is 0.125. The van der Waals surface area contributed by atoms with Gasteiger partial charge in [-0.3, -0.25) is 4.79 Å². The van der Waals surface area contributed by atoms with Gasteiger partial charge in [-0.2, -0.15) is 5.10 Å². The summed E-state index contributed by atoms with van der Waals surface area (Å²) in [5, 5.41) is 4.16. The standard InChI is InChI=1S/C24H20F2N4O2/c25-19-12-7-13-20(26)18(19)14-22-23(31)30(17-10-5-2-6-11-17)24(32)29(28-22)15-21(27)16-8-3-1-4-9-16/h1-13,21H,14-15,27H2/t21-/m0/s1. The molecule has 4 aromatic rings. The zero-order valence-corrected chi connectivity index (χ0v) is 17.0. The topological polar surface area (TPSA) is 82.9 Å². The first kappa shape index (κ1) is 21.3. The van der Waals surface area contributed by atoms with E-state index in [1.54, 1.807) is 30.3 Å². The predicted molar refractivity (Wildman–Crippen MR) is 117 cm³/mol. The minimum absolute atomic E-state index is 0.0251. The molecule has 1 aromatic heterocycles. The van der Waals surface area contributed by atoms with Crippen molar-refractivity contribution >= 4 is 0 Å². The Kier molecular flexibility index (Phi) is 6.04. The number of rotatable bonds is 6. The van der Waals surface area contributed by atoms with Gasteiger partial charge in [0.15, 0.2) is 0 Å². The molecule has 3 aromatic carbocycles. The molecule has 6 nitrogen and oxygen atoms in total. The molecule has 0 radical (unpaired) electrons. The van der Waals surface area contributed by atoms with Gasteiger partial charge in [0.2, 0.25) is 0 Å². The van der Waals surface area contributed by atoms with E-state index in [0.29, 0.717) is 5.69 Å². The number of nitrogens with two attached hydrogens (primary N) is 1. The highest BCUT2D eigenvalue weighted by molar-refractivity contribution is 5.32. The lowest BCUT2D eigenvalue weighted by Crippen LogP contribution is -2.44. The summed E-state index contributed by atoms with van der Waals surface area (Å²) >= 11 is 0. The third-order valence-corrected chi connectivity index (χ3v) is 5.12. The smallest absolute Gasteiger partial charge is 0.322 e. The summed E-state index contributed by atoms with van der Waals surface area (Å²) in [6.45, 7) is -0.0251. The average Bonchev–Trinajstić information content (AvgIpc) is 2.80. The van der Waals surface area contributed by atoms with Gasteiger partial charge >= 0.3 is 5.69 Å². The van der Waals surface area contributed by atoms with E-state index in [-0.39, 0.29) is 17.8 Å². The van der Waals surface area contributed by atoms with E-state index >= 15 is 0 Å².